The molecule has 0 aliphatic heterocycles. The quantitative estimate of drug-likeness (QED) is 0.578. The topological polar surface area (TPSA) is 27.1 Å². The van der Waals surface area contributed by atoms with Crippen LogP contribution in [0.4, 0.5) is 13.2 Å². The molecule has 0 amide bonds. The van der Waals surface area contributed by atoms with Crippen molar-refractivity contribution in [1.29, 1.82) is 0 Å². The number of para-hydroxylation sites is 1. The van der Waals surface area contributed by atoms with Crippen LogP contribution in [0.25, 0.3) is 11.0 Å². The van der Waals surface area contributed by atoms with Crippen LogP contribution in [0, 0.1) is 0 Å². The number of aryl methyl sites for hydroxylation is 1. The first-order valence-electron chi connectivity index (χ1n) is 6.61. The van der Waals surface area contributed by atoms with Gasteiger partial charge in [-0.15, -0.1) is 11.6 Å². The number of hydrogen-bond donors (Lipinski definition) is 0. The van der Waals surface area contributed by atoms with Gasteiger partial charge in [0.25, 0.3) is 0 Å². The molecule has 1 heterocycles. The first kappa shape index (κ1) is 15.9. The number of fused-ring (bicyclic) bond motifs is 1. The van der Waals surface area contributed by atoms with E-state index in [-0.39, 0.29) is 12.3 Å². The van der Waals surface area contributed by atoms with Gasteiger partial charge >= 0.3 is 6.18 Å². The van der Waals surface area contributed by atoms with E-state index in [4.69, 9.17) is 16.3 Å². The third-order valence-corrected chi connectivity index (χ3v) is 3.49. The summed E-state index contributed by atoms with van der Waals surface area (Å²) in [5, 5.41) is 0. The molecular weight excluding hydrogens is 305 g/mol. The fourth-order valence-corrected chi connectivity index (χ4v) is 2.49. The van der Waals surface area contributed by atoms with Crippen molar-refractivity contribution in [2.24, 2.45) is 0 Å². The van der Waals surface area contributed by atoms with Crippen LogP contribution >= 0.6 is 11.6 Å². The highest BCUT2D eigenvalue weighted by Crippen LogP contribution is 2.27. The zero-order chi connectivity index (χ0) is 15.5. The molecule has 0 unspecified atom stereocenters. The smallest absolute Gasteiger partial charge is 0.389 e. The van der Waals surface area contributed by atoms with Crippen molar-refractivity contribution < 1.29 is 17.9 Å². The number of unbranched alkanes of at least 4 members (excludes halogenated alkanes) is 1. The lowest BCUT2D eigenvalue weighted by Gasteiger charge is -2.09. The molecular formula is C14H16ClF3N2O. The van der Waals surface area contributed by atoms with Gasteiger partial charge in [-0.1, -0.05) is 6.07 Å². The summed E-state index contributed by atoms with van der Waals surface area (Å²) in [5.74, 6) is 1.48. The molecule has 0 radical (unpaired) electrons. The van der Waals surface area contributed by atoms with Crippen molar-refractivity contribution in [3.05, 3.63) is 24.0 Å². The molecule has 0 saturated heterocycles. The summed E-state index contributed by atoms with van der Waals surface area (Å²) in [5.41, 5.74) is 1.52. The molecule has 0 aliphatic carbocycles. The summed E-state index contributed by atoms with van der Waals surface area (Å²) in [7, 11) is 1.55. The zero-order valence-corrected chi connectivity index (χ0v) is 12.3. The Morgan fingerprint density at radius 3 is 2.67 bits per heavy atom. The lowest BCUT2D eigenvalue weighted by atomic mass is 10.2. The third-order valence-electron chi connectivity index (χ3n) is 3.25. The van der Waals surface area contributed by atoms with Gasteiger partial charge in [-0.25, -0.2) is 4.98 Å². The highest BCUT2D eigenvalue weighted by Gasteiger charge is 2.26. The van der Waals surface area contributed by atoms with Crippen molar-refractivity contribution in [1.82, 2.24) is 9.55 Å². The van der Waals surface area contributed by atoms with Crippen molar-refractivity contribution in [2.45, 2.75) is 37.9 Å². The fraction of sp³-hybridized carbons (Fsp3) is 0.500. The normalized spacial score (nSPS) is 12.0. The Balaban J connectivity index is 2.18. The molecule has 116 valence electrons. The van der Waals surface area contributed by atoms with Gasteiger partial charge in [0, 0.05) is 13.0 Å². The molecule has 2 rings (SSSR count). The Kier molecular flexibility index (Phi) is 4.98. The van der Waals surface area contributed by atoms with Gasteiger partial charge in [-0.05, 0) is 25.0 Å². The van der Waals surface area contributed by atoms with Crippen LogP contribution in [0.15, 0.2) is 18.2 Å². The Morgan fingerprint density at radius 1 is 1.29 bits per heavy atom. The number of ether oxygens (including phenoxy) is 1. The average Bonchev–Trinajstić information content (AvgIpc) is 2.80. The van der Waals surface area contributed by atoms with Crippen LogP contribution in [-0.2, 0) is 12.4 Å². The summed E-state index contributed by atoms with van der Waals surface area (Å²) >= 11 is 5.88. The van der Waals surface area contributed by atoms with Crippen LogP contribution in [-0.4, -0.2) is 22.8 Å². The maximum absolute atomic E-state index is 12.2. The molecule has 0 fully saturated rings. The zero-order valence-electron chi connectivity index (χ0n) is 11.6. The number of aromatic nitrogens is 2. The molecule has 0 N–H and O–H groups in total. The fourth-order valence-electron chi connectivity index (χ4n) is 2.28. The summed E-state index contributed by atoms with van der Waals surface area (Å²) in [6, 6.07) is 5.49. The second-order valence-electron chi connectivity index (χ2n) is 4.71. The molecule has 0 atom stereocenters. The van der Waals surface area contributed by atoms with E-state index in [9.17, 15) is 13.2 Å². The van der Waals surface area contributed by atoms with Gasteiger partial charge in [0.05, 0.1) is 18.5 Å². The number of halogens is 4. The summed E-state index contributed by atoms with van der Waals surface area (Å²) in [4.78, 5) is 4.41. The predicted molar refractivity (Wildman–Crippen MR) is 75.7 cm³/mol. The highest BCUT2D eigenvalue weighted by molar-refractivity contribution is 6.16. The predicted octanol–water partition coefficient (Wildman–Crippen LogP) is 4.52. The number of nitrogens with zero attached hydrogens (tertiary/aromatic N) is 2. The monoisotopic (exact) mass is 320 g/mol. The van der Waals surface area contributed by atoms with E-state index >= 15 is 0 Å². The summed E-state index contributed by atoms with van der Waals surface area (Å²) in [6.07, 6.45) is -4.35. The average molecular weight is 321 g/mol. The van der Waals surface area contributed by atoms with Gasteiger partial charge in [0.2, 0.25) is 0 Å². The Labute approximate surface area is 125 Å². The van der Waals surface area contributed by atoms with E-state index in [1.807, 2.05) is 16.7 Å². The molecule has 3 nitrogen and oxygen atoms in total. The lowest BCUT2D eigenvalue weighted by molar-refractivity contribution is -0.135. The van der Waals surface area contributed by atoms with Gasteiger partial charge in [0.15, 0.2) is 0 Å². The maximum Gasteiger partial charge on any atom is 0.389 e. The van der Waals surface area contributed by atoms with Gasteiger partial charge in [-0.3, -0.25) is 0 Å². The van der Waals surface area contributed by atoms with Gasteiger partial charge < -0.3 is 9.30 Å². The number of rotatable bonds is 6. The number of hydrogen-bond acceptors (Lipinski definition) is 2. The molecule has 7 heteroatoms. The summed E-state index contributed by atoms with van der Waals surface area (Å²) < 4.78 is 43.6. The van der Waals surface area contributed by atoms with E-state index in [1.54, 1.807) is 13.2 Å². The van der Waals surface area contributed by atoms with Crippen LogP contribution in [0.3, 0.4) is 0 Å². The number of benzene rings is 1. The minimum Gasteiger partial charge on any atom is -0.494 e. The molecule has 21 heavy (non-hydrogen) atoms. The Bertz CT molecular complexity index is 610. The van der Waals surface area contributed by atoms with Crippen molar-refractivity contribution in [3.8, 4) is 5.75 Å². The molecule has 2 aromatic rings. The minimum atomic E-state index is -4.10. The van der Waals surface area contributed by atoms with Gasteiger partial charge in [0.1, 0.15) is 17.1 Å². The second kappa shape index (κ2) is 6.56. The molecule has 1 aromatic carbocycles. The number of alkyl halides is 4. The first-order chi connectivity index (χ1) is 9.96. The Hall–Kier alpha value is -1.43. The second-order valence-corrected chi connectivity index (χ2v) is 4.98. The van der Waals surface area contributed by atoms with E-state index < -0.39 is 12.6 Å². The van der Waals surface area contributed by atoms with E-state index in [2.05, 4.69) is 4.98 Å². The molecule has 0 saturated carbocycles. The Morgan fingerprint density at radius 2 is 2.05 bits per heavy atom. The highest BCUT2D eigenvalue weighted by atomic mass is 35.5. The van der Waals surface area contributed by atoms with Crippen LogP contribution in [0.2, 0.25) is 0 Å². The lowest BCUT2D eigenvalue weighted by Crippen LogP contribution is -2.08. The number of imidazole rings is 1. The third kappa shape index (κ3) is 3.81. The van der Waals surface area contributed by atoms with E-state index in [0.717, 1.165) is 5.52 Å². The first-order valence-corrected chi connectivity index (χ1v) is 7.14. The van der Waals surface area contributed by atoms with Gasteiger partial charge in [-0.2, -0.15) is 13.2 Å². The standard InChI is InChI=1S/C14H16ClF3N2O/c1-21-11-6-4-5-10-13(11)19-12(9-15)20(10)8-3-2-7-14(16,17)18/h4-6H,2-3,7-9H2,1H3. The van der Waals surface area contributed by atoms with Crippen LogP contribution in [0.1, 0.15) is 25.1 Å². The largest absolute Gasteiger partial charge is 0.494 e. The SMILES string of the molecule is COc1cccc2c1nc(CCl)n2CCCCC(F)(F)F. The van der Waals surface area contributed by atoms with Crippen molar-refractivity contribution in [2.75, 3.05) is 7.11 Å². The molecule has 0 aliphatic rings. The molecule has 0 bridgehead atoms. The summed E-state index contributed by atoms with van der Waals surface area (Å²) in [6.45, 7) is 0.460. The van der Waals surface area contributed by atoms with E-state index in [1.165, 1.54) is 0 Å². The van der Waals surface area contributed by atoms with Crippen LogP contribution in [0.5, 0.6) is 5.75 Å². The molecule has 1 aromatic heterocycles. The van der Waals surface area contributed by atoms with E-state index in [0.29, 0.717) is 30.1 Å². The maximum atomic E-state index is 12.2. The van der Waals surface area contributed by atoms with Crippen molar-refractivity contribution in [3.63, 3.8) is 0 Å². The van der Waals surface area contributed by atoms with Crippen LogP contribution < -0.4 is 4.74 Å². The number of methoxy groups -OCH3 is 1. The van der Waals surface area contributed by atoms with Crippen molar-refractivity contribution >= 4 is 22.6 Å². The minimum absolute atomic E-state index is 0.0921. The molecule has 0 spiro atoms.